The van der Waals surface area contributed by atoms with Crippen LogP contribution in [0, 0.1) is 0 Å². The summed E-state index contributed by atoms with van der Waals surface area (Å²) in [7, 11) is 2.00. The number of amides is 2. The molecule has 6 nitrogen and oxygen atoms in total. The first-order chi connectivity index (χ1) is 17.0. The third-order valence-corrected chi connectivity index (χ3v) is 6.14. The van der Waals surface area contributed by atoms with Crippen molar-refractivity contribution in [3.63, 3.8) is 0 Å². The number of aliphatic imine (C=N–C) groups is 1. The molecular weight excluding hydrogens is 436 g/mol. The van der Waals surface area contributed by atoms with Gasteiger partial charge in [0.2, 0.25) is 11.8 Å². The number of likely N-dealkylation sites (N-methyl/N-ethyl adjacent to an activating group) is 1. The molecule has 0 saturated carbocycles. The topological polar surface area (TPSA) is 73.8 Å². The third-order valence-electron chi connectivity index (χ3n) is 6.14. The van der Waals surface area contributed by atoms with Gasteiger partial charge in [-0.2, -0.15) is 0 Å². The maximum absolute atomic E-state index is 13.0. The average molecular weight is 469 g/mol. The van der Waals surface area contributed by atoms with Crippen molar-refractivity contribution in [3.8, 4) is 0 Å². The van der Waals surface area contributed by atoms with Gasteiger partial charge in [-0.3, -0.25) is 14.6 Å². The van der Waals surface area contributed by atoms with E-state index >= 15 is 0 Å². The van der Waals surface area contributed by atoms with Gasteiger partial charge in [0.05, 0.1) is 12.3 Å². The Morgan fingerprint density at radius 2 is 1.63 bits per heavy atom. The Hall–Kier alpha value is -3.93. The normalized spacial score (nSPS) is 15.9. The molecule has 1 aliphatic heterocycles. The van der Waals surface area contributed by atoms with Crippen molar-refractivity contribution < 1.29 is 9.59 Å². The number of hydrogen-bond donors (Lipinski definition) is 2. The van der Waals surface area contributed by atoms with Gasteiger partial charge in [-0.25, -0.2) is 0 Å². The maximum atomic E-state index is 13.0. The first kappa shape index (κ1) is 24.2. The van der Waals surface area contributed by atoms with Crippen LogP contribution in [0.1, 0.15) is 36.5 Å². The summed E-state index contributed by atoms with van der Waals surface area (Å²) in [6, 6.07) is 27.6. The Morgan fingerprint density at radius 1 is 0.971 bits per heavy atom. The number of aryl methyl sites for hydroxylation is 1. The molecule has 0 aromatic heterocycles. The number of rotatable bonds is 8. The first-order valence-corrected chi connectivity index (χ1v) is 12.1. The van der Waals surface area contributed by atoms with Crippen LogP contribution >= 0.6 is 0 Å². The molecular formula is C29H32N4O2. The van der Waals surface area contributed by atoms with E-state index in [4.69, 9.17) is 4.99 Å². The fourth-order valence-electron chi connectivity index (χ4n) is 4.30. The smallest absolute Gasteiger partial charge is 0.243 e. The van der Waals surface area contributed by atoms with E-state index in [9.17, 15) is 9.59 Å². The number of benzene rings is 3. The van der Waals surface area contributed by atoms with Gasteiger partial charge in [0.15, 0.2) is 0 Å². The summed E-state index contributed by atoms with van der Waals surface area (Å²) in [4.78, 5) is 32.4. The summed E-state index contributed by atoms with van der Waals surface area (Å²) in [5, 5.41) is 5.86. The Balaban J connectivity index is 1.40. The van der Waals surface area contributed by atoms with Gasteiger partial charge < -0.3 is 15.5 Å². The lowest BCUT2D eigenvalue weighted by molar-refractivity contribution is -0.129. The summed E-state index contributed by atoms with van der Waals surface area (Å²) in [5.74, 6) is -0.371. The number of nitrogens with one attached hydrogen (secondary N) is 2. The highest BCUT2D eigenvalue weighted by Gasteiger charge is 2.25. The minimum atomic E-state index is -0.648. The summed E-state index contributed by atoms with van der Waals surface area (Å²) in [6.45, 7) is 2.23. The van der Waals surface area contributed by atoms with Gasteiger partial charge in [-0.15, -0.1) is 0 Å². The zero-order valence-corrected chi connectivity index (χ0v) is 20.3. The van der Waals surface area contributed by atoms with Crippen LogP contribution in [0.2, 0.25) is 0 Å². The summed E-state index contributed by atoms with van der Waals surface area (Å²) < 4.78 is 0. The number of anilines is 1. The van der Waals surface area contributed by atoms with Gasteiger partial charge in [0, 0.05) is 30.3 Å². The molecule has 0 saturated heterocycles. The minimum absolute atomic E-state index is 0.123. The summed E-state index contributed by atoms with van der Waals surface area (Å²) in [6.07, 6.45) is 1.50. The van der Waals surface area contributed by atoms with Crippen LogP contribution in [-0.2, 0) is 16.0 Å². The summed E-state index contributed by atoms with van der Waals surface area (Å²) in [5.41, 5.74) is 5.13. The number of benzodiazepines with no additional fused rings is 1. The lowest BCUT2D eigenvalue weighted by Gasteiger charge is -2.24. The third kappa shape index (κ3) is 6.35. The fourth-order valence-corrected chi connectivity index (χ4v) is 4.30. The van der Waals surface area contributed by atoms with Crippen LogP contribution in [0.25, 0.3) is 0 Å². The first-order valence-electron chi connectivity index (χ1n) is 12.1. The standard InChI is InChI=1S/C29H32N4O2/c1-21(30-27(34)19-11-14-22-12-5-3-6-13-22)29(35)32-26-20-33(2)25-18-10-9-17-24(25)28(31-26)23-15-7-4-8-16-23/h3-10,12-13,15-18,21,26H,11,14,19-20H2,1-2H3,(H,30,34)(H,32,35)/t21-,26+/m0/s1. The monoisotopic (exact) mass is 468 g/mol. The van der Waals surface area contributed by atoms with Gasteiger partial charge in [0.1, 0.15) is 12.2 Å². The number of fused-ring (bicyclic) bond motifs is 1. The highest BCUT2D eigenvalue weighted by Crippen LogP contribution is 2.26. The molecule has 0 bridgehead atoms. The maximum Gasteiger partial charge on any atom is 0.243 e. The Bertz CT molecular complexity index is 1180. The van der Waals surface area contributed by atoms with Crippen molar-refractivity contribution in [2.75, 3.05) is 18.5 Å². The van der Waals surface area contributed by atoms with Crippen molar-refractivity contribution in [3.05, 3.63) is 102 Å². The lowest BCUT2D eigenvalue weighted by Crippen LogP contribution is -2.50. The van der Waals surface area contributed by atoms with E-state index in [1.807, 2.05) is 67.7 Å². The van der Waals surface area contributed by atoms with E-state index < -0.39 is 12.2 Å². The fraction of sp³-hybridized carbons (Fsp3) is 0.276. The predicted octanol–water partition coefficient (Wildman–Crippen LogP) is 3.94. The largest absolute Gasteiger partial charge is 0.370 e. The molecule has 0 aliphatic carbocycles. The van der Waals surface area contributed by atoms with Crippen molar-refractivity contribution in [1.82, 2.24) is 10.6 Å². The van der Waals surface area contributed by atoms with Gasteiger partial charge in [-0.1, -0.05) is 78.9 Å². The molecule has 0 spiro atoms. The van der Waals surface area contributed by atoms with E-state index in [1.54, 1.807) is 6.92 Å². The zero-order valence-electron chi connectivity index (χ0n) is 20.3. The van der Waals surface area contributed by atoms with Gasteiger partial charge >= 0.3 is 0 Å². The van der Waals surface area contributed by atoms with E-state index in [0.717, 1.165) is 35.4 Å². The second-order valence-corrected chi connectivity index (χ2v) is 8.89. The molecule has 2 amide bonds. The van der Waals surface area contributed by atoms with Crippen LogP contribution in [0.4, 0.5) is 5.69 Å². The van der Waals surface area contributed by atoms with Crippen molar-refractivity contribution in [1.29, 1.82) is 0 Å². The second-order valence-electron chi connectivity index (χ2n) is 8.89. The van der Waals surface area contributed by atoms with Crippen LogP contribution in [-0.4, -0.2) is 43.3 Å². The highest BCUT2D eigenvalue weighted by atomic mass is 16.2. The predicted molar refractivity (Wildman–Crippen MR) is 141 cm³/mol. The van der Waals surface area contributed by atoms with E-state index in [2.05, 4.69) is 39.8 Å². The lowest BCUT2D eigenvalue weighted by atomic mass is 10.0. The molecule has 2 atom stereocenters. The van der Waals surface area contributed by atoms with E-state index in [0.29, 0.717) is 13.0 Å². The molecule has 1 aliphatic rings. The number of carbonyl (C=O) groups excluding carboxylic acids is 2. The quantitative estimate of drug-likeness (QED) is 0.526. The molecule has 0 unspecified atom stereocenters. The minimum Gasteiger partial charge on any atom is -0.370 e. The Morgan fingerprint density at radius 3 is 2.37 bits per heavy atom. The molecule has 0 radical (unpaired) electrons. The highest BCUT2D eigenvalue weighted by molar-refractivity contribution is 6.16. The summed E-state index contributed by atoms with van der Waals surface area (Å²) >= 11 is 0. The number of carbonyl (C=O) groups is 2. The van der Waals surface area contributed by atoms with Crippen molar-refractivity contribution >= 4 is 23.2 Å². The van der Waals surface area contributed by atoms with Gasteiger partial charge in [0.25, 0.3) is 0 Å². The van der Waals surface area contributed by atoms with Gasteiger partial charge in [-0.05, 0) is 31.4 Å². The number of nitrogens with zero attached hydrogens (tertiary/aromatic N) is 2. The number of hydrogen-bond acceptors (Lipinski definition) is 4. The average Bonchev–Trinajstić information content (AvgIpc) is 3.01. The van der Waals surface area contributed by atoms with E-state index in [1.165, 1.54) is 5.56 Å². The Kier molecular flexibility index (Phi) is 7.93. The van der Waals surface area contributed by atoms with Crippen LogP contribution in [0.5, 0.6) is 0 Å². The molecule has 0 fully saturated rings. The molecule has 3 aromatic carbocycles. The van der Waals surface area contributed by atoms with Crippen LogP contribution in [0.3, 0.4) is 0 Å². The Labute approximate surface area is 207 Å². The number of para-hydroxylation sites is 1. The van der Waals surface area contributed by atoms with Crippen LogP contribution in [0.15, 0.2) is 89.9 Å². The molecule has 2 N–H and O–H groups in total. The van der Waals surface area contributed by atoms with Crippen molar-refractivity contribution in [2.24, 2.45) is 4.99 Å². The molecule has 3 aromatic rings. The zero-order chi connectivity index (χ0) is 24.6. The molecule has 180 valence electrons. The van der Waals surface area contributed by atoms with Crippen molar-refractivity contribution in [2.45, 2.75) is 38.4 Å². The molecule has 1 heterocycles. The SMILES string of the molecule is C[C@H](NC(=O)CCCc1ccccc1)C(=O)N[C@@H]1CN(C)c2ccccc2C(c2ccccc2)=N1. The molecule has 6 heteroatoms. The molecule has 4 rings (SSSR count). The van der Waals surface area contributed by atoms with Crippen LogP contribution < -0.4 is 15.5 Å². The molecule has 35 heavy (non-hydrogen) atoms. The van der Waals surface area contributed by atoms with E-state index in [-0.39, 0.29) is 11.8 Å². The second kappa shape index (κ2) is 11.5.